The lowest BCUT2D eigenvalue weighted by Gasteiger charge is -2.06. The van der Waals surface area contributed by atoms with Crippen molar-refractivity contribution in [2.24, 2.45) is 0 Å². The first-order valence-corrected chi connectivity index (χ1v) is 8.68. The number of carbonyl (C=O) groups excluding carboxylic acids is 1. The summed E-state index contributed by atoms with van der Waals surface area (Å²) in [7, 11) is 0. The average Bonchev–Trinajstić information content (AvgIpc) is 3.13. The number of anilines is 1. The van der Waals surface area contributed by atoms with Crippen LogP contribution in [0.5, 0.6) is 0 Å². The fraction of sp³-hybridized carbons (Fsp3) is 0.353. The molecule has 2 heterocycles. The van der Waals surface area contributed by atoms with Crippen molar-refractivity contribution in [3.63, 3.8) is 0 Å². The summed E-state index contributed by atoms with van der Waals surface area (Å²) in [6.45, 7) is 6.97. The van der Waals surface area contributed by atoms with Gasteiger partial charge in [-0.1, -0.05) is 16.1 Å². The highest BCUT2D eigenvalue weighted by Gasteiger charge is 2.17. The van der Waals surface area contributed by atoms with E-state index in [4.69, 9.17) is 4.74 Å². The van der Waals surface area contributed by atoms with Crippen molar-refractivity contribution >= 4 is 33.4 Å². The van der Waals surface area contributed by atoms with Crippen LogP contribution in [0.2, 0.25) is 0 Å². The van der Waals surface area contributed by atoms with Crippen LogP contribution in [0.15, 0.2) is 18.2 Å². The lowest BCUT2D eigenvalue weighted by molar-refractivity contribution is 0.0520. The van der Waals surface area contributed by atoms with Gasteiger partial charge in [-0.25, -0.2) is 4.79 Å². The Kier molecular flexibility index (Phi) is 4.80. The summed E-state index contributed by atoms with van der Waals surface area (Å²) in [5.41, 5.74) is 5.11. The Labute approximate surface area is 144 Å². The van der Waals surface area contributed by atoms with Crippen LogP contribution in [0.4, 0.5) is 5.00 Å². The first kappa shape index (κ1) is 16.4. The minimum Gasteiger partial charge on any atom is -0.461 e. The highest BCUT2D eigenvalue weighted by molar-refractivity contribution is 7.10. The summed E-state index contributed by atoms with van der Waals surface area (Å²) in [5, 5.41) is 9.02. The van der Waals surface area contributed by atoms with E-state index in [2.05, 4.69) is 51.9 Å². The molecular formula is C17H20N4O2S. The summed E-state index contributed by atoms with van der Waals surface area (Å²) >= 11 is 1.17. The summed E-state index contributed by atoms with van der Waals surface area (Å²) in [6, 6.07) is 6.42. The molecule has 0 aliphatic heterocycles. The van der Waals surface area contributed by atoms with Gasteiger partial charge in [0.15, 0.2) is 0 Å². The number of aromatic nitrogens is 3. The van der Waals surface area contributed by atoms with Gasteiger partial charge in [0.1, 0.15) is 5.00 Å². The quantitative estimate of drug-likeness (QED) is 0.669. The number of aryl methyl sites for hydroxylation is 2. The fourth-order valence-corrected chi connectivity index (χ4v) is 3.34. The van der Waals surface area contributed by atoms with E-state index in [-0.39, 0.29) is 5.69 Å². The Morgan fingerprint density at radius 2 is 2.21 bits per heavy atom. The normalized spacial score (nSPS) is 11.0. The van der Waals surface area contributed by atoms with Crippen LogP contribution in [0.1, 0.15) is 34.2 Å². The third-order valence-corrected chi connectivity index (χ3v) is 4.58. The lowest BCUT2D eigenvalue weighted by atomic mass is 10.1. The lowest BCUT2D eigenvalue weighted by Crippen LogP contribution is -2.11. The number of nitrogens with one attached hydrogen (secondary N) is 2. The van der Waals surface area contributed by atoms with Crippen molar-refractivity contribution in [2.45, 2.75) is 27.2 Å². The van der Waals surface area contributed by atoms with Crippen LogP contribution in [0.3, 0.4) is 0 Å². The fourth-order valence-electron chi connectivity index (χ4n) is 2.76. The first-order chi connectivity index (χ1) is 11.6. The molecule has 126 valence electrons. The Morgan fingerprint density at radius 3 is 3.00 bits per heavy atom. The van der Waals surface area contributed by atoms with Crippen molar-refractivity contribution < 1.29 is 9.53 Å². The number of ether oxygens (including phenoxy) is 1. The van der Waals surface area contributed by atoms with E-state index in [1.54, 1.807) is 6.92 Å². The SMILES string of the molecule is CCOC(=O)c1nnsc1NCCc1c(C)[nH]c2ccc(C)cc12. The molecule has 1 aromatic carbocycles. The Bertz CT molecular complexity index is 869. The molecule has 6 nitrogen and oxygen atoms in total. The van der Waals surface area contributed by atoms with Gasteiger partial charge in [-0.15, -0.1) is 5.10 Å². The monoisotopic (exact) mass is 344 g/mol. The molecule has 3 aromatic rings. The molecule has 0 fully saturated rings. The number of rotatable bonds is 6. The Morgan fingerprint density at radius 1 is 1.38 bits per heavy atom. The molecule has 0 saturated heterocycles. The molecule has 0 spiro atoms. The standard InChI is InChI=1S/C17H20N4O2S/c1-4-23-17(22)15-16(24-21-20-15)18-8-7-12-11(3)19-14-6-5-10(2)9-13(12)14/h5-6,9,18-19H,4,7-8H2,1-3H3. The minimum absolute atomic E-state index is 0.258. The number of nitrogens with zero attached hydrogens (tertiary/aromatic N) is 2. The van der Waals surface area contributed by atoms with E-state index < -0.39 is 5.97 Å². The van der Waals surface area contributed by atoms with Gasteiger partial charge in [-0.05, 0) is 44.9 Å². The maximum atomic E-state index is 11.8. The van der Waals surface area contributed by atoms with Gasteiger partial charge in [0.25, 0.3) is 0 Å². The minimum atomic E-state index is -0.437. The third-order valence-electron chi connectivity index (χ3n) is 3.89. The molecule has 0 aliphatic rings. The molecule has 0 aliphatic carbocycles. The molecule has 0 atom stereocenters. The average molecular weight is 344 g/mol. The first-order valence-electron chi connectivity index (χ1n) is 7.91. The number of H-pyrrole nitrogens is 1. The summed E-state index contributed by atoms with van der Waals surface area (Å²) < 4.78 is 8.83. The molecule has 0 unspecified atom stereocenters. The van der Waals surface area contributed by atoms with E-state index in [0.717, 1.165) is 11.9 Å². The second-order valence-electron chi connectivity index (χ2n) is 5.63. The molecule has 0 saturated carbocycles. The molecular weight excluding hydrogens is 324 g/mol. The van der Waals surface area contributed by atoms with Crippen LogP contribution in [0.25, 0.3) is 10.9 Å². The highest BCUT2D eigenvalue weighted by Crippen LogP contribution is 2.24. The summed E-state index contributed by atoms with van der Waals surface area (Å²) in [5.74, 6) is -0.437. The number of aromatic amines is 1. The second-order valence-corrected chi connectivity index (χ2v) is 6.38. The number of carbonyl (C=O) groups is 1. The van der Waals surface area contributed by atoms with Crippen LogP contribution in [0, 0.1) is 13.8 Å². The maximum absolute atomic E-state index is 11.8. The van der Waals surface area contributed by atoms with E-state index in [0.29, 0.717) is 18.2 Å². The van der Waals surface area contributed by atoms with E-state index in [1.807, 2.05) is 0 Å². The zero-order valence-electron chi connectivity index (χ0n) is 14.0. The summed E-state index contributed by atoms with van der Waals surface area (Å²) in [4.78, 5) is 15.2. The third kappa shape index (κ3) is 3.26. The van der Waals surface area contributed by atoms with Crippen molar-refractivity contribution in [2.75, 3.05) is 18.5 Å². The van der Waals surface area contributed by atoms with Crippen LogP contribution >= 0.6 is 11.5 Å². The molecule has 0 radical (unpaired) electrons. The number of hydrogen-bond acceptors (Lipinski definition) is 6. The van der Waals surface area contributed by atoms with Crippen LogP contribution in [-0.4, -0.2) is 33.7 Å². The summed E-state index contributed by atoms with van der Waals surface area (Å²) in [6.07, 6.45) is 0.843. The predicted molar refractivity (Wildman–Crippen MR) is 95.8 cm³/mol. The zero-order chi connectivity index (χ0) is 17.1. The van der Waals surface area contributed by atoms with Gasteiger partial charge in [-0.2, -0.15) is 0 Å². The predicted octanol–water partition coefficient (Wildman–Crippen LogP) is 3.47. The van der Waals surface area contributed by atoms with Gasteiger partial charge >= 0.3 is 5.97 Å². The number of hydrogen-bond donors (Lipinski definition) is 2. The molecule has 3 rings (SSSR count). The topological polar surface area (TPSA) is 79.9 Å². The number of esters is 1. The molecule has 24 heavy (non-hydrogen) atoms. The molecule has 2 aromatic heterocycles. The zero-order valence-corrected chi connectivity index (χ0v) is 14.8. The van der Waals surface area contributed by atoms with E-state index in [1.165, 1.54) is 33.7 Å². The second kappa shape index (κ2) is 7.00. The smallest absolute Gasteiger partial charge is 0.362 e. The van der Waals surface area contributed by atoms with E-state index >= 15 is 0 Å². The largest absolute Gasteiger partial charge is 0.461 e. The van der Waals surface area contributed by atoms with Crippen molar-refractivity contribution in [3.05, 3.63) is 40.7 Å². The van der Waals surface area contributed by atoms with Gasteiger partial charge in [0.2, 0.25) is 5.69 Å². The highest BCUT2D eigenvalue weighted by atomic mass is 32.1. The van der Waals surface area contributed by atoms with Crippen LogP contribution in [-0.2, 0) is 11.2 Å². The van der Waals surface area contributed by atoms with Crippen molar-refractivity contribution in [1.29, 1.82) is 0 Å². The van der Waals surface area contributed by atoms with Gasteiger partial charge < -0.3 is 15.0 Å². The molecule has 0 bridgehead atoms. The number of benzene rings is 1. The van der Waals surface area contributed by atoms with E-state index in [9.17, 15) is 4.79 Å². The maximum Gasteiger partial charge on any atom is 0.362 e. The Balaban J connectivity index is 1.72. The number of fused-ring (bicyclic) bond motifs is 1. The molecule has 0 amide bonds. The molecule has 7 heteroatoms. The van der Waals surface area contributed by atoms with Gasteiger partial charge in [0.05, 0.1) is 6.61 Å². The van der Waals surface area contributed by atoms with Crippen molar-refractivity contribution in [1.82, 2.24) is 14.6 Å². The molecule has 2 N–H and O–H groups in total. The Hall–Kier alpha value is -2.41. The van der Waals surface area contributed by atoms with Crippen LogP contribution < -0.4 is 5.32 Å². The van der Waals surface area contributed by atoms with Crippen molar-refractivity contribution in [3.8, 4) is 0 Å². The van der Waals surface area contributed by atoms with Gasteiger partial charge in [0, 0.05) is 34.7 Å². The van der Waals surface area contributed by atoms with Gasteiger partial charge in [-0.3, -0.25) is 0 Å².